The SMILES string of the molecule is N#CC1CCCN1Cc1ccc(F)c(Cl)c1. The van der Waals surface area contributed by atoms with Crippen molar-refractivity contribution in [2.24, 2.45) is 0 Å². The highest BCUT2D eigenvalue weighted by Gasteiger charge is 2.23. The number of nitriles is 1. The number of halogens is 2. The van der Waals surface area contributed by atoms with Crippen molar-refractivity contribution >= 4 is 11.6 Å². The molecular weight excluding hydrogens is 227 g/mol. The minimum absolute atomic E-state index is 0.0103. The Kier molecular flexibility index (Phi) is 3.42. The quantitative estimate of drug-likeness (QED) is 0.792. The molecule has 16 heavy (non-hydrogen) atoms. The first-order valence-corrected chi connectivity index (χ1v) is 5.66. The van der Waals surface area contributed by atoms with Gasteiger partial charge in [-0.3, -0.25) is 4.90 Å². The summed E-state index contributed by atoms with van der Waals surface area (Å²) in [6, 6.07) is 6.98. The molecule has 1 fully saturated rings. The van der Waals surface area contributed by atoms with Crippen LogP contribution >= 0.6 is 11.6 Å². The number of hydrogen-bond donors (Lipinski definition) is 0. The van der Waals surface area contributed by atoms with Gasteiger partial charge < -0.3 is 0 Å². The molecule has 4 heteroatoms. The Morgan fingerprint density at radius 2 is 2.38 bits per heavy atom. The van der Waals surface area contributed by atoms with Crippen LogP contribution in [-0.2, 0) is 6.54 Å². The predicted molar refractivity (Wildman–Crippen MR) is 60.5 cm³/mol. The van der Waals surface area contributed by atoms with E-state index in [0.29, 0.717) is 6.54 Å². The Balaban J connectivity index is 2.09. The first-order chi connectivity index (χ1) is 7.70. The summed E-state index contributed by atoms with van der Waals surface area (Å²) in [5.41, 5.74) is 0.952. The molecule has 1 aromatic carbocycles. The van der Waals surface area contributed by atoms with Gasteiger partial charge in [0.05, 0.1) is 17.1 Å². The van der Waals surface area contributed by atoms with Gasteiger partial charge >= 0.3 is 0 Å². The first-order valence-electron chi connectivity index (χ1n) is 5.28. The second-order valence-electron chi connectivity index (χ2n) is 4.01. The number of nitrogens with zero attached hydrogens (tertiary/aromatic N) is 2. The maximum atomic E-state index is 13.0. The Hall–Kier alpha value is -1.11. The van der Waals surface area contributed by atoms with E-state index in [1.165, 1.54) is 6.07 Å². The lowest BCUT2D eigenvalue weighted by Gasteiger charge is -2.18. The van der Waals surface area contributed by atoms with E-state index in [-0.39, 0.29) is 11.1 Å². The minimum atomic E-state index is -0.399. The molecule has 2 rings (SSSR count). The lowest BCUT2D eigenvalue weighted by atomic mass is 10.2. The van der Waals surface area contributed by atoms with Crippen molar-refractivity contribution in [3.8, 4) is 6.07 Å². The summed E-state index contributed by atoms with van der Waals surface area (Å²) in [5, 5.41) is 9.08. The Morgan fingerprint density at radius 3 is 3.06 bits per heavy atom. The average molecular weight is 239 g/mol. The fourth-order valence-electron chi connectivity index (χ4n) is 2.03. The van der Waals surface area contributed by atoms with E-state index in [4.69, 9.17) is 16.9 Å². The maximum absolute atomic E-state index is 13.0. The fraction of sp³-hybridized carbons (Fsp3) is 0.417. The molecule has 2 nitrogen and oxygen atoms in total. The second-order valence-corrected chi connectivity index (χ2v) is 4.41. The third-order valence-corrected chi connectivity index (χ3v) is 3.17. The van der Waals surface area contributed by atoms with Gasteiger partial charge in [0.15, 0.2) is 0 Å². The largest absolute Gasteiger partial charge is 0.284 e. The molecule has 0 N–H and O–H groups in total. The van der Waals surface area contributed by atoms with Crippen molar-refractivity contribution in [3.05, 3.63) is 34.6 Å². The van der Waals surface area contributed by atoms with Crippen molar-refractivity contribution < 1.29 is 4.39 Å². The third-order valence-electron chi connectivity index (χ3n) is 2.88. The zero-order valence-electron chi connectivity index (χ0n) is 8.79. The van der Waals surface area contributed by atoms with E-state index < -0.39 is 5.82 Å². The Labute approximate surface area is 99.2 Å². The van der Waals surface area contributed by atoms with Crippen molar-refractivity contribution in [2.75, 3.05) is 6.54 Å². The molecule has 1 heterocycles. The molecule has 0 amide bonds. The first kappa shape index (κ1) is 11.4. The Morgan fingerprint density at radius 1 is 1.56 bits per heavy atom. The Bertz CT molecular complexity index is 428. The summed E-state index contributed by atoms with van der Waals surface area (Å²) in [6.07, 6.45) is 1.97. The normalized spacial score (nSPS) is 20.9. The van der Waals surface area contributed by atoms with Gasteiger partial charge in [0.25, 0.3) is 0 Å². The number of rotatable bonds is 2. The summed E-state index contributed by atoms with van der Waals surface area (Å²) in [7, 11) is 0. The van der Waals surface area contributed by atoms with Crippen LogP contribution in [0, 0.1) is 17.1 Å². The summed E-state index contributed by atoms with van der Waals surface area (Å²) in [4.78, 5) is 2.10. The topological polar surface area (TPSA) is 27.0 Å². The minimum Gasteiger partial charge on any atom is -0.284 e. The van der Waals surface area contributed by atoms with E-state index >= 15 is 0 Å². The van der Waals surface area contributed by atoms with Gasteiger partial charge in [-0.05, 0) is 37.1 Å². The molecule has 0 spiro atoms. The van der Waals surface area contributed by atoms with Crippen LogP contribution in [0.25, 0.3) is 0 Å². The lowest BCUT2D eigenvalue weighted by molar-refractivity contribution is 0.286. The van der Waals surface area contributed by atoms with E-state index in [0.717, 1.165) is 24.9 Å². The highest BCUT2D eigenvalue weighted by Crippen LogP contribution is 2.22. The zero-order valence-corrected chi connectivity index (χ0v) is 9.54. The molecule has 1 aliphatic heterocycles. The summed E-state index contributed by atoms with van der Waals surface area (Å²) >= 11 is 5.71. The van der Waals surface area contributed by atoms with Crippen molar-refractivity contribution in [3.63, 3.8) is 0 Å². The average Bonchev–Trinajstić information content (AvgIpc) is 2.71. The van der Waals surface area contributed by atoms with Gasteiger partial charge in [0.2, 0.25) is 0 Å². The van der Waals surface area contributed by atoms with E-state index in [2.05, 4.69) is 11.0 Å². The number of benzene rings is 1. The number of likely N-dealkylation sites (tertiary alicyclic amines) is 1. The molecule has 1 aromatic rings. The van der Waals surface area contributed by atoms with Gasteiger partial charge in [-0.1, -0.05) is 17.7 Å². The molecule has 84 valence electrons. The van der Waals surface area contributed by atoms with Crippen LogP contribution in [0.4, 0.5) is 4.39 Å². The summed E-state index contributed by atoms with van der Waals surface area (Å²) in [6.45, 7) is 1.59. The van der Waals surface area contributed by atoms with Gasteiger partial charge in [-0.25, -0.2) is 4.39 Å². The molecule has 0 aliphatic carbocycles. The van der Waals surface area contributed by atoms with E-state index in [1.54, 1.807) is 12.1 Å². The van der Waals surface area contributed by atoms with Gasteiger partial charge in [-0.2, -0.15) is 5.26 Å². The predicted octanol–water partition coefficient (Wildman–Crippen LogP) is 2.97. The molecule has 1 aliphatic rings. The third kappa shape index (κ3) is 2.34. The molecule has 0 aromatic heterocycles. The van der Waals surface area contributed by atoms with Gasteiger partial charge in [-0.15, -0.1) is 0 Å². The van der Waals surface area contributed by atoms with Crippen molar-refractivity contribution in [1.82, 2.24) is 4.90 Å². The zero-order chi connectivity index (χ0) is 11.5. The van der Waals surface area contributed by atoms with Crippen LogP contribution in [0.1, 0.15) is 18.4 Å². The van der Waals surface area contributed by atoms with Crippen LogP contribution in [0.3, 0.4) is 0 Å². The monoisotopic (exact) mass is 238 g/mol. The van der Waals surface area contributed by atoms with Crippen LogP contribution in [0.15, 0.2) is 18.2 Å². The van der Waals surface area contributed by atoms with E-state index in [1.807, 2.05) is 0 Å². The molecule has 0 saturated carbocycles. The fourth-order valence-corrected chi connectivity index (χ4v) is 2.24. The summed E-state index contributed by atoms with van der Waals surface area (Å²) in [5.74, 6) is -0.399. The van der Waals surface area contributed by atoms with Crippen LogP contribution < -0.4 is 0 Å². The standard InChI is InChI=1S/C12H12ClFN2/c13-11-6-9(3-4-12(11)14)8-16-5-1-2-10(16)7-15/h3-4,6,10H,1-2,5,8H2. The molecule has 1 saturated heterocycles. The molecule has 0 radical (unpaired) electrons. The van der Waals surface area contributed by atoms with Crippen molar-refractivity contribution in [1.29, 1.82) is 5.26 Å². The lowest BCUT2D eigenvalue weighted by Crippen LogP contribution is -2.27. The van der Waals surface area contributed by atoms with Gasteiger partial charge in [0.1, 0.15) is 5.82 Å². The van der Waals surface area contributed by atoms with Crippen LogP contribution in [0.5, 0.6) is 0 Å². The highest BCUT2D eigenvalue weighted by atomic mass is 35.5. The van der Waals surface area contributed by atoms with Gasteiger partial charge in [0, 0.05) is 6.54 Å². The highest BCUT2D eigenvalue weighted by molar-refractivity contribution is 6.30. The van der Waals surface area contributed by atoms with E-state index in [9.17, 15) is 4.39 Å². The summed E-state index contributed by atoms with van der Waals surface area (Å²) < 4.78 is 13.0. The smallest absolute Gasteiger partial charge is 0.141 e. The molecule has 0 bridgehead atoms. The second kappa shape index (κ2) is 4.82. The molecule has 1 atom stereocenters. The van der Waals surface area contributed by atoms with Crippen LogP contribution in [-0.4, -0.2) is 17.5 Å². The maximum Gasteiger partial charge on any atom is 0.141 e. The molecular formula is C12H12ClFN2. The number of hydrogen-bond acceptors (Lipinski definition) is 2. The molecule has 1 unspecified atom stereocenters. The van der Waals surface area contributed by atoms with Crippen molar-refractivity contribution in [2.45, 2.75) is 25.4 Å². The van der Waals surface area contributed by atoms with Crippen LogP contribution in [0.2, 0.25) is 5.02 Å².